The predicted molar refractivity (Wildman–Crippen MR) is 112 cm³/mol. The van der Waals surface area contributed by atoms with Gasteiger partial charge < -0.3 is 45.2 Å². The van der Waals surface area contributed by atoms with Crippen LogP contribution in [0.5, 0.6) is 34.5 Å². The second kappa shape index (κ2) is 8.14. The minimum Gasteiger partial charge on any atom is -0.510 e. The summed E-state index contributed by atoms with van der Waals surface area (Å²) in [6.07, 6.45) is -0.402. The molecule has 1 aliphatic carbocycles. The summed E-state index contributed by atoms with van der Waals surface area (Å²) in [5, 5.41) is 69.1. The van der Waals surface area contributed by atoms with Crippen LogP contribution < -0.4 is 4.74 Å². The van der Waals surface area contributed by atoms with Crippen molar-refractivity contribution in [3.05, 3.63) is 58.9 Å². The highest BCUT2D eigenvalue weighted by Gasteiger charge is 2.41. The molecule has 0 bridgehead atoms. The molecule has 4 unspecified atom stereocenters. The number of benzene rings is 2. The summed E-state index contributed by atoms with van der Waals surface area (Å²) < 4.78 is 11.6. The van der Waals surface area contributed by atoms with Crippen molar-refractivity contribution in [3.8, 4) is 34.5 Å². The van der Waals surface area contributed by atoms with E-state index in [4.69, 9.17) is 9.47 Å². The number of phenols is 5. The van der Waals surface area contributed by atoms with Gasteiger partial charge in [0.1, 0.15) is 35.2 Å². The van der Waals surface area contributed by atoms with Gasteiger partial charge >= 0.3 is 5.97 Å². The van der Waals surface area contributed by atoms with E-state index >= 15 is 0 Å². The summed E-state index contributed by atoms with van der Waals surface area (Å²) in [6, 6.07) is 4.26. The number of phenolic OH excluding ortho intramolecular Hbond substituents is 5. The molecule has 2 aliphatic rings. The Hall–Kier alpha value is -4.05. The molecule has 2 aromatic rings. The van der Waals surface area contributed by atoms with E-state index in [1.54, 1.807) is 6.92 Å². The van der Waals surface area contributed by atoms with E-state index in [1.807, 2.05) is 0 Å². The van der Waals surface area contributed by atoms with E-state index in [0.717, 1.165) is 18.2 Å². The molecule has 10 nitrogen and oxygen atoms in total. The van der Waals surface area contributed by atoms with Gasteiger partial charge in [-0.15, -0.1) is 0 Å². The van der Waals surface area contributed by atoms with Crippen molar-refractivity contribution in [2.24, 2.45) is 5.92 Å². The third kappa shape index (κ3) is 3.96. The molecule has 10 heteroatoms. The zero-order chi connectivity index (χ0) is 24.0. The van der Waals surface area contributed by atoms with Gasteiger partial charge in [-0.25, -0.2) is 4.79 Å². The van der Waals surface area contributed by atoms with Crippen LogP contribution in [0.4, 0.5) is 0 Å². The molecule has 0 amide bonds. The third-order valence-electron chi connectivity index (χ3n) is 5.81. The molecule has 4 rings (SSSR count). The number of aliphatic hydroxyl groups excluding tert-OH is 2. The second-order valence-electron chi connectivity index (χ2n) is 7.98. The summed E-state index contributed by atoms with van der Waals surface area (Å²) in [5.74, 6) is -4.38. The molecule has 0 aromatic heterocycles. The molecular formula is C23H22O10. The third-order valence-corrected chi connectivity index (χ3v) is 5.81. The average molecular weight is 458 g/mol. The van der Waals surface area contributed by atoms with Crippen LogP contribution in [0.25, 0.3) is 0 Å². The Labute approximate surface area is 187 Å². The van der Waals surface area contributed by atoms with Gasteiger partial charge in [0.2, 0.25) is 0 Å². The lowest BCUT2D eigenvalue weighted by atomic mass is 9.82. The molecule has 0 saturated heterocycles. The van der Waals surface area contributed by atoms with E-state index in [1.165, 1.54) is 18.2 Å². The standard InChI is InChI=1S/C23H22O10/c1-9-12(2-3-14(25)20(9)29)22-19(8-13-15(26)6-11(24)7-18(13)32-22)33-23(31)10-4-16(27)21(30)17(28)5-10/h2-7,9,19-20,22,24-30H,8H2,1H3. The first kappa shape index (κ1) is 22.2. The zero-order valence-corrected chi connectivity index (χ0v) is 17.3. The maximum atomic E-state index is 12.8. The fourth-order valence-corrected chi connectivity index (χ4v) is 3.99. The highest BCUT2D eigenvalue weighted by atomic mass is 16.6. The van der Waals surface area contributed by atoms with Crippen LogP contribution in [-0.2, 0) is 11.2 Å². The summed E-state index contributed by atoms with van der Waals surface area (Å²) >= 11 is 0. The molecular weight excluding hydrogens is 436 g/mol. The van der Waals surface area contributed by atoms with Gasteiger partial charge in [-0.3, -0.25) is 0 Å². The number of rotatable bonds is 3. The fourth-order valence-electron chi connectivity index (χ4n) is 3.99. The number of esters is 1. The minimum absolute atomic E-state index is 0.0241. The van der Waals surface area contributed by atoms with Gasteiger partial charge in [-0.2, -0.15) is 0 Å². The summed E-state index contributed by atoms with van der Waals surface area (Å²) in [7, 11) is 0. The molecule has 33 heavy (non-hydrogen) atoms. The van der Waals surface area contributed by atoms with Gasteiger partial charge in [0.05, 0.1) is 5.56 Å². The van der Waals surface area contributed by atoms with E-state index in [9.17, 15) is 40.5 Å². The predicted octanol–water partition coefficient (Wildman–Crippen LogP) is 2.12. The maximum Gasteiger partial charge on any atom is 0.338 e. The molecule has 7 N–H and O–H groups in total. The van der Waals surface area contributed by atoms with Crippen molar-refractivity contribution in [1.82, 2.24) is 0 Å². The first-order chi connectivity index (χ1) is 15.6. The highest BCUT2D eigenvalue weighted by molar-refractivity contribution is 5.91. The summed E-state index contributed by atoms with van der Waals surface area (Å²) in [5.41, 5.74) is 0.523. The van der Waals surface area contributed by atoms with E-state index in [0.29, 0.717) is 5.57 Å². The van der Waals surface area contributed by atoms with Crippen molar-refractivity contribution in [1.29, 1.82) is 0 Å². The Morgan fingerprint density at radius 1 is 0.970 bits per heavy atom. The lowest BCUT2D eigenvalue weighted by Crippen LogP contribution is -2.45. The van der Waals surface area contributed by atoms with Crippen LogP contribution >= 0.6 is 0 Å². The minimum atomic E-state index is -1.21. The first-order valence-corrected chi connectivity index (χ1v) is 10.0. The number of carbonyl (C=O) groups is 1. The number of aromatic hydroxyl groups is 5. The van der Waals surface area contributed by atoms with Gasteiger partial charge in [0.15, 0.2) is 23.4 Å². The maximum absolute atomic E-state index is 12.8. The van der Waals surface area contributed by atoms with Crippen molar-refractivity contribution in [2.75, 3.05) is 0 Å². The number of carbonyl (C=O) groups excluding carboxylic acids is 1. The Kier molecular flexibility index (Phi) is 5.46. The SMILES string of the molecule is CC1C(C2Oc3cc(O)cc(O)c3CC2OC(=O)c2cc(O)c(O)c(O)c2)=CC=C(O)C1O. The Balaban J connectivity index is 1.72. The molecule has 1 aliphatic heterocycles. The molecule has 1 heterocycles. The Morgan fingerprint density at radius 2 is 1.64 bits per heavy atom. The van der Waals surface area contributed by atoms with Crippen LogP contribution in [0.3, 0.4) is 0 Å². The smallest absolute Gasteiger partial charge is 0.338 e. The molecule has 174 valence electrons. The normalized spacial score (nSPS) is 24.2. The van der Waals surface area contributed by atoms with Gasteiger partial charge in [-0.05, 0) is 23.8 Å². The largest absolute Gasteiger partial charge is 0.510 e. The average Bonchev–Trinajstić information content (AvgIpc) is 2.75. The molecule has 0 radical (unpaired) electrons. The van der Waals surface area contributed by atoms with Crippen molar-refractivity contribution < 1.29 is 50.0 Å². The van der Waals surface area contributed by atoms with Gasteiger partial charge in [-0.1, -0.05) is 13.0 Å². The monoisotopic (exact) mass is 458 g/mol. The molecule has 4 atom stereocenters. The second-order valence-corrected chi connectivity index (χ2v) is 7.98. The van der Waals surface area contributed by atoms with Crippen LogP contribution in [0.1, 0.15) is 22.8 Å². The van der Waals surface area contributed by atoms with Crippen molar-refractivity contribution >= 4 is 5.97 Å². The van der Waals surface area contributed by atoms with Crippen LogP contribution in [0, 0.1) is 5.92 Å². The Bertz CT molecular complexity index is 1160. The van der Waals surface area contributed by atoms with Crippen LogP contribution in [0.2, 0.25) is 0 Å². The van der Waals surface area contributed by atoms with E-state index in [-0.39, 0.29) is 40.6 Å². The molecule has 0 saturated carbocycles. The number of hydrogen-bond acceptors (Lipinski definition) is 10. The number of fused-ring (bicyclic) bond motifs is 1. The number of aliphatic hydroxyl groups is 2. The fraction of sp³-hybridized carbons (Fsp3) is 0.261. The topological polar surface area (TPSA) is 177 Å². The zero-order valence-electron chi connectivity index (χ0n) is 17.3. The lowest BCUT2D eigenvalue weighted by molar-refractivity contribution is -0.0128. The number of ether oxygens (including phenoxy) is 2. The summed E-state index contributed by atoms with van der Waals surface area (Å²) in [6.45, 7) is 1.65. The summed E-state index contributed by atoms with van der Waals surface area (Å²) in [4.78, 5) is 12.8. The number of allylic oxidation sites excluding steroid dienone is 2. The molecule has 0 spiro atoms. The van der Waals surface area contributed by atoms with Gasteiger partial charge in [0.25, 0.3) is 0 Å². The Morgan fingerprint density at radius 3 is 2.30 bits per heavy atom. The van der Waals surface area contributed by atoms with E-state index in [2.05, 4.69) is 0 Å². The molecule has 2 aromatic carbocycles. The van der Waals surface area contributed by atoms with Crippen LogP contribution in [0.15, 0.2) is 47.7 Å². The lowest BCUT2D eigenvalue weighted by Gasteiger charge is -2.38. The quantitative estimate of drug-likeness (QED) is 0.266. The van der Waals surface area contributed by atoms with Crippen molar-refractivity contribution in [2.45, 2.75) is 31.7 Å². The van der Waals surface area contributed by atoms with Gasteiger partial charge in [0, 0.05) is 30.0 Å². The highest BCUT2D eigenvalue weighted by Crippen LogP contribution is 2.42. The molecule has 0 fully saturated rings. The van der Waals surface area contributed by atoms with Crippen LogP contribution in [-0.4, -0.2) is 60.0 Å². The first-order valence-electron chi connectivity index (χ1n) is 10.0. The van der Waals surface area contributed by atoms with Crippen molar-refractivity contribution in [3.63, 3.8) is 0 Å². The van der Waals surface area contributed by atoms with E-state index < -0.39 is 47.4 Å². The number of hydrogen-bond donors (Lipinski definition) is 7.